The zero-order valence-corrected chi connectivity index (χ0v) is 11.1. The summed E-state index contributed by atoms with van der Waals surface area (Å²) in [6, 6.07) is 8.23. The number of benzene rings is 1. The van der Waals surface area contributed by atoms with Gasteiger partial charge in [-0.3, -0.25) is 0 Å². The average molecular weight is 267 g/mol. The van der Waals surface area contributed by atoms with Gasteiger partial charge in [0.15, 0.2) is 0 Å². The maximum Gasteiger partial charge on any atom is 2.00 e. The molecule has 0 saturated heterocycles. The van der Waals surface area contributed by atoms with Crippen LogP contribution in [0.3, 0.4) is 0 Å². The van der Waals surface area contributed by atoms with E-state index in [1.807, 2.05) is 0 Å². The maximum atomic E-state index is 5.30. The molecule has 0 atom stereocenters. The van der Waals surface area contributed by atoms with Crippen LogP contribution in [0.15, 0.2) is 30.9 Å². The SMILES string of the molecule is C=CCOc1c[c-]ccc1OC.[Br-].[Mg+2]. The fourth-order valence-corrected chi connectivity index (χ4v) is 0.831. The van der Waals surface area contributed by atoms with Crippen molar-refractivity contribution >= 4 is 23.1 Å². The van der Waals surface area contributed by atoms with Gasteiger partial charge < -0.3 is 26.5 Å². The number of hydrogen-bond donors (Lipinski definition) is 0. The number of rotatable bonds is 4. The summed E-state index contributed by atoms with van der Waals surface area (Å²) in [4.78, 5) is 0. The van der Waals surface area contributed by atoms with Crippen molar-refractivity contribution in [3.8, 4) is 11.5 Å². The first-order valence-corrected chi connectivity index (χ1v) is 3.66. The van der Waals surface area contributed by atoms with Gasteiger partial charge in [0.1, 0.15) is 0 Å². The van der Waals surface area contributed by atoms with Crippen molar-refractivity contribution in [2.45, 2.75) is 0 Å². The summed E-state index contributed by atoms with van der Waals surface area (Å²) in [5.74, 6) is 1.41. The van der Waals surface area contributed by atoms with Crippen LogP contribution >= 0.6 is 0 Å². The first-order chi connectivity index (χ1) is 5.88. The fraction of sp³-hybridized carbons (Fsp3) is 0.200. The molecule has 0 fully saturated rings. The predicted molar refractivity (Wildman–Crippen MR) is 53.3 cm³/mol. The van der Waals surface area contributed by atoms with E-state index in [-0.39, 0.29) is 40.0 Å². The van der Waals surface area contributed by atoms with Gasteiger partial charge in [-0.25, -0.2) is 0 Å². The molecular weight excluding hydrogens is 256 g/mol. The molecular formula is C10H11BrMgO2. The van der Waals surface area contributed by atoms with Crippen LogP contribution in [0.2, 0.25) is 0 Å². The maximum absolute atomic E-state index is 5.30. The molecule has 1 aromatic rings. The van der Waals surface area contributed by atoms with Crippen molar-refractivity contribution in [1.29, 1.82) is 0 Å². The Hall–Kier alpha value is -0.194. The second-order valence-electron chi connectivity index (χ2n) is 2.18. The summed E-state index contributed by atoms with van der Waals surface area (Å²) in [6.07, 6.45) is 1.69. The topological polar surface area (TPSA) is 18.5 Å². The standard InChI is InChI=1S/C10H11O2.BrH.Mg/c1-3-8-12-10-7-5-4-6-9(10)11-2;;/h3-4,6-7H,1,8H2,2H3;1H;/q-1;;+2/p-1. The van der Waals surface area contributed by atoms with Crippen LogP contribution in [-0.2, 0) is 0 Å². The largest absolute Gasteiger partial charge is 2.00 e. The molecule has 0 aliphatic rings. The van der Waals surface area contributed by atoms with Crippen molar-refractivity contribution < 1.29 is 26.5 Å². The smallest absolute Gasteiger partial charge is 1.00 e. The number of methoxy groups -OCH3 is 1. The van der Waals surface area contributed by atoms with Crippen LogP contribution in [0, 0.1) is 6.07 Å². The summed E-state index contributed by atoms with van der Waals surface area (Å²) in [5.41, 5.74) is 0. The second-order valence-corrected chi connectivity index (χ2v) is 2.18. The molecule has 0 spiro atoms. The minimum Gasteiger partial charge on any atom is -1.00 e. The van der Waals surface area contributed by atoms with Gasteiger partial charge in [0.2, 0.25) is 0 Å². The molecule has 2 nitrogen and oxygen atoms in total. The first kappa shape index (κ1) is 16.2. The van der Waals surface area contributed by atoms with Gasteiger partial charge in [0.25, 0.3) is 0 Å². The number of hydrogen-bond acceptors (Lipinski definition) is 2. The van der Waals surface area contributed by atoms with Gasteiger partial charge in [-0.05, 0) is 0 Å². The van der Waals surface area contributed by atoms with E-state index in [1.165, 1.54) is 0 Å². The molecule has 0 amide bonds. The molecule has 1 rings (SSSR count). The monoisotopic (exact) mass is 266 g/mol. The van der Waals surface area contributed by atoms with Crippen LogP contribution in [0.1, 0.15) is 0 Å². The molecule has 0 heterocycles. The Bertz CT molecular complexity index is 266. The number of ether oxygens (including phenoxy) is 2. The van der Waals surface area contributed by atoms with E-state index in [2.05, 4.69) is 12.6 Å². The van der Waals surface area contributed by atoms with Crippen LogP contribution < -0.4 is 26.5 Å². The Morgan fingerprint density at radius 3 is 2.79 bits per heavy atom. The van der Waals surface area contributed by atoms with Crippen molar-refractivity contribution in [3.63, 3.8) is 0 Å². The predicted octanol–water partition coefficient (Wildman–Crippen LogP) is -1.32. The summed E-state index contributed by atoms with van der Waals surface area (Å²) in [5, 5.41) is 0. The molecule has 0 bridgehead atoms. The third-order valence-corrected chi connectivity index (χ3v) is 1.36. The molecule has 0 saturated carbocycles. The summed E-state index contributed by atoms with van der Waals surface area (Å²) in [6.45, 7) is 4.04. The molecule has 0 aromatic heterocycles. The van der Waals surface area contributed by atoms with E-state index in [9.17, 15) is 0 Å². The van der Waals surface area contributed by atoms with Crippen molar-refractivity contribution in [1.82, 2.24) is 0 Å². The van der Waals surface area contributed by atoms with E-state index >= 15 is 0 Å². The second kappa shape index (κ2) is 9.36. The van der Waals surface area contributed by atoms with Gasteiger partial charge in [-0.15, -0.1) is 12.1 Å². The van der Waals surface area contributed by atoms with Crippen LogP contribution in [-0.4, -0.2) is 36.8 Å². The molecule has 0 radical (unpaired) electrons. The Labute approximate surface area is 111 Å². The van der Waals surface area contributed by atoms with Crippen LogP contribution in [0.4, 0.5) is 0 Å². The minimum absolute atomic E-state index is 0. The van der Waals surface area contributed by atoms with Gasteiger partial charge in [-0.1, -0.05) is 12.7 Å². The van der Waals surface area contributed by atoms with E-state index < -0.39 is 0 Å². The Morgan fingerprint density at radius 2 is 2.21 bits per heavy atom. The van der Waals surface area contributed by atoms with E-state index in [4.69, 9.17) is 9.47 Å². The van der Waals surface area contributed by atoms with Crippen molar-refractivity contribution in [2.24, 2.45) is 0 Å². The third-order valence-electron chi connectivity index (χ3n) is 1.36. The Kier molecular flexibility index (Phi) is 10.9. The minimum atomic E-state index is 0. The van der Waals surface area contributed by atoms with Crippen LogP contribution in [0.5, 0.6) is 11.5 Å². The Morgan fingerprint density at radius 1 is 1.50 bits per heavy atom. The van der Waals surface area contributed by atoms with Gasteiger partial charge in [0, 0.05) is 5.75 Å². The normalized spacial score (nSPS) is 7.79. The van der Waals surface area contributed by atoms with E-state index in [1.54, 1.807) is 31.4 Å². The van der Waals surface area contributed by atoms with Crippen molar-refractivity contribution in [3.05, 3.63) is 36.9 Å². The van der Waals surface area contributed by atoms with E-state index in [0.717, 1.165) is 5.75 Å². The molecule has 0 unspecified atom stereocenters. The van der Waals surface area contributed by atoms with Gasteiger partial charge >= 0.3 is 23.1 Å². The van der Waals surface area contributed by atoms with Crippen molar-refractivity contribution in [2.75, 3.05) is 13.7 Å². The molecule has 0 aliphatic carbocycles. The number of halogens is 1. The third kappa shape index (κ3) is 4.88. The Balaban J connectivity index is 0. The first-order valence-electron chi connectivity index (χ1n) is 3.66. The van der Waals surface area contributed by atoms with E-state index in [0.29, 0.717) is 12.4 Å². The summed E-state index contributed by atoms with van der Waals surface area (Å²) in [7, 11) is 1.61. The summed E-state index contributed by atoms with van der Waals surface area (Å²) < 4.78 is 10.4. The zero-order valence-electron chi connectivity index (χ0n) is 8.13. The molecule has 1 aromatic carbocycles. The quantitative estimate of drug-likeness (QED) is 0.383. The molecule has 0 aliphatic heterocycles. The summed E-state index contributed by atoms with van der Waals surface area (Å²) >= 11 is 0. The van der Waals surface area contributed by atoms with Gasteiger partial charge in [0.05, 0.1) is 19.5 Å². The molecule has 14 heavy (non-hydrogen) atoms. The molecule has 72 valence electrons. The zero-order chi connectivity index (χ0) is 8.81. The van der Waals surface area contributed by atoms with Crippen LogP contribution in [0.25, 0.3) is 0 Å². The fourth-order valence-electron chi connectivity index (χ4n) is 0.831. The molecule has 4 heteroatoms. The average Bonchev–Trinajstić information content (AvgIpc) is 2.15. The van der Waals surface area contributed by atoms with Gasteiger partial charge in [-0.2, -0.15) is 12.1 Å². The molecule has 0 N–H and O–H groups in total.